The highest BCUT2D eigenvalue weighted by molar-refractivity contribution is 7.80. The second-order valence-corrected chi connectivity index (χ2v) is 6.80. The van der Waals surface area contributed by atoms with Gasteiger partial charge in [0.2, 0.25) is 0 Å². The number of rotatable bonds is 4. The van der Waals surface area contributed by atoms with Gasteiger partial charge >= 0.3 is 0 Å². The summed E-state index contributed by atoms with van der Waals surface area (Å²) >= 11 is 11.3. The van der Waals surface area contributed by atoms with E-state index in [1.54, 1.807) is 6.07 Å². The molecule has 2 N–H and O–H groups in total. The number of nitrogens with one attached hydrogen (secondary N) is 2. The maximum atomic E-state index is 13.3. The minimum absolute atomic E-state index is 0.0518. The van der Waals surface area contributed by atoms with Crippen molar-refractivity contribution in [3.63, 3.8) is 0 Å². The Morgan fingerprint density at radius 2 is 1.62 bits per heavy atom. The van der Waals surface area contributed by atoms with E-state index < -0.39 is 5.82 Å². The topological polar surface area (TPSA) is 24.1 Å². The maximum Gasteiger partial charge on any atom is 0.171 e. The fraction of sp³-hybridized carbons (Fsp3) is 0.0952. The van der Waals surface area contributed by atoms with Gasteiger partial charge in [0.05, 0.1) is 11.1 Å². The summed E-state index contributed by atoms with van der Waals surface area (Å²) < 4.78 is 13.3. The number of hydrogen-bond acceptors (Lipinski definition) is 1. The molecule has 0 aliphatic rings. The van der Waals surface area contributed by atoms with Gasteiger partial charge in [-0.2, -0.15) is 0 Å². The van der Waals surface area contributed by atoms with E-state index in [0.717, 1.165) is 11.1 Å². The molecular formula is C21H18ClFN2S. The van der Waals surface area contributed by atoms with Gasteiger partial charge in [-0.05, 0) is 48.5 Å². The third-order valence-corrected chi connectivity index (χ3v) is 4.51. The lowest BCUT2D eigenvalue weighted by atomic mass is 9.98. The van der Waals surface area contributed by atoms with E-state index in [4.69, 9.17) is 23.8 Å². The Bertz CT molecular complexity index is 898. The van der Waals surface area contributed by atoms with Crippen LogP contribution in [0, 0.1) is 12.7 Å². The lowest BCUT2D eigenvalue weighted by Gasteiger charge is -2.22. The zero-order chi connectivity index (χ0) is 18.5. The van der Waals surface area contributed by atoms with Gasteiger partial charge in [-0.1, -0.05) is 71.8 Å². The third kappa shape index (κ3) is 4.59. The lowest BCUT2D eigenvalue weighted by molar-refractivity contribution is 0.628. The number of benzene rings is 3. The highest BCUT2D eigenvalue weighted by Crippen LogP contribution is 2.23. The molecule has 0 spiro atoms. The first-order valence-electron chi connectivity index (χ1n) is 8.17. The number of anilines is 1. The molecule has 0 aliphatic heterocycles. The molecule has 0 bridgehead atoms. The summed E-state index contributed by atoms with van der Waals surface area (Å²) in [6.07, 6.45) is 0. The standard InChI is InChI=1S/C21H18ClFN2S/c1-14-7-9-16(10-8-14)20(15-5-3-2-4-6-15)25-21(26)24-17-11-12-19(23)18(22)13-17/h2-13,20H,1H3,(H2,24,25,26)/t20-/m1/s1. The van der Waals surface area contributed by atoms with Crippen molar-refractivity contribution >= 4 is 34.6 Å². The smallest absolute Gasteiger partial charge is 0.171 e. The van der Waals surface area contributed by atoms with Gasteiger partial charge in [0.15, 0.2) is 5.11 Å². The molecule has 26 heavy (non-hydrogen) atoms. The Morgan fingerprint density at radius 3 is 2.27 bits per heavy atom. The van der Waals surface area contributed by atoms with Crippen molar-refractivity contribution in [1.82, 2.24) is 5.32 Å². The Hall–Kier alpha value is -2.43. The summed E-state index contributed by atoms with van der Waals surface area (Å²) in [6.45, 7) is 2.05. The van der Waals surface area contributed by atoms with Crippen LogP contribution >= 0.6 is 23.8 Å². The second kappa shape index (κ2) is 8.30. The van der Waals surface area contributed by atoms with Crippen molar-refractivity contribution < 1.29 is 4.39 Å². The first kappa shape index (κ1) is 18.4. The van der Waals surface area contributed by atoms with Crippen molar-refractivity contribution in [2.24, 2.45) is 0 Å². The molecule has 0 aromatic heterocycles. The molecule has 2 nitrogen and oxygen atoms in total. The predicted molar refractivity (Wildman–Crippen MR) is 110 cm³/mol. The van der Waals surface area contributed by atoms with Gasteiger partial charge < -0.3 is 10.6 Å². The Kier molecular flexibility index (Phi) is 5.86. The second-order valence-electron chi connectivity index (χ2n) is 5.98. The molecular weight excluding hydrogens is 367 g/mol. The summed E-state index contributed by atoms with van der Waals surface area (Å²) in [5.74, 6) is -0.460. The summed E-state index contributed by atoms with van der Waals surface area (Å²) in [6, 6.07) is 22.7. The van der Waals surface area contributed by atoms with Crippen molar-refractivity contribution in [2.75, 3.05) is 5.32 Å². The number of aryl methyl sites for hydroxylation is 1. The molecule has 132 valence electrons. The average molecular weight is 385 g/mol. The monoisotopic (exact) mass is 384 g/mol. The lowest BCUT2D eigenvalue weighted by Crippen LogP contribution is -2.33. The highest BCUT2D eigenvalue weighted by atomic mass is 35.5. The SMILES string of the molecule is Cc1ccc([C@H](NC(=S)Nc2ccc(F)c(Cl)c2)c2ccccc2)cc1. The van der Waals surface area contributed by atoms with Crippen LogP contribution in [-0.4, -0.2) is 5.11 Å². The van der Waals surface area contributed by atoms with Crippen LogP contribution in [0.3, 0.4) is 0 Å². The van der Waals surface area contributed by atoms with Gasteiger partial charge in [-0.15, -0.1) is 0 Å². The number of halogens is 2. The van der Waals surface area contributed by atoms with E-state index >= 15 is 0 Å². The normalized spacial score (nSPS) is 11.7. The van der Waals surface area contributed by atoms with Crippen LogP contribution in [-0.2, 0) is 0 Å². The molecule has 3 aromatic rings. The van der Waals surface area contributed by atoms with Gasteiger partial charge in [-0.25, -0.2) is 4.39 Å². The van der Waals surface area contributed by atoms with Crippen LogP contribution in [0.25, 0.3) is 0 Å². The molecule has 0 aliphatic carbocycles. The van der Waals surface area contributed by atoms with Crippen molar-refractivity contribution in [2.45, 2.75) is 13.0 Å². The van der Waals surface area contributed by atoms with Gasteiger partial charge in [-0.3, -0.25) is 0 Å². The largest absolute Gasteiger partial charge is 0.352 e. The van der Waals surface area contributed by atoms with Crippen LogP contribution < -0.4 is 10.6 Å². The molecule has 1 atom stereocenters. The van der Waals surface area contributed by atoms with E-state index in [1.807, 2.05) is 18.2 Å². The van der Waals surface area contributed by atoms with Gasteiger partial charge in [0, 0.05) is 5.69 Å². The van der Waals surface area contributed by atoms with Crippen LogP contribution in [0.1, 0.15) is 22.7 Å². The van der Waals surface area contributed by atoms with E-state index in [9.17, 15) is 4.39 Å². The molecule has 0 heterocycles. The summed E-state index contributed by atoms with van der Waals surface area (Å²) in [7, 11) is 0. The van der Waals surface area contributed by atoms with Crippen molar-refractivity contribution in [3.8, 4) is 0 Å². The number of thiocarbonyl (C=S) groups is 1. The first-order valence-corrected chi connectivity index (χ1v) is 8.95. The quantitative estimate of drug-likeness (QED) is 0.550. The zero-order valence-corrected chi connectivity index (χ0v) is 15.7. The molecule has 0 unspecified atom stereocenters. The third-order valence-electron chi connectivity index (χ3n) is 4.00. The number of hydrogen-bond donors (Lipinski definition) is 2. The molecule has 0 saturated heterocycles. The summed E-state index contributed by atoms with van der Waals surface area (Å²) in [5, 5.41) is 6.88. The fourth-order valence-electron chi connectivity index (χ4n) is 2.64. The van der Waals surface area contributed by atoms with Crippen LogP contribution in [0.15, 0.2) is 72.8 Å². The summed E-state index contributed by atoms with van der Waals surface area (Å²) in [4.78, 5) is 0. The zero-order valence-electron chi connectivity index (χ0n) is 14.2. The minimum Gasteiger partial charge on any atom is -0.352 e. The predicted octanol–water partition coefficient (Wildman–Crippen LogP) is 5.86. The first-order chi connectivity index (χ1) is 12.5. The Balaban J connectivity index is 1.82. The minimum atomic E-state index is -0.460. The Morgan fingerprint density at radius 1 is 0.962 bits per heavy atom. The molecule has 3 rings (SSSR count). The fourth-order valence-corrected chi connectivity index (χ4v) is 3.05. The van der Waals surface area contributed by atoms with Crippen LogP contribution in [0.2, 0.25) is 5.02 Å². The average Bonchev–Trinajstić information content (AvgIpc) is 2.64. The van der Waals surface area contributed by atoms with Crippen molar-refractivity contribution in [1.29, 1.82) is 0 Å². The van der Waals surface area contributed by atoms with Crippen LogP contribution in [0.5, 0.6) is 0 Å². The molecule has 5 heteroatoms. The molecule has 0 amide bonds. The van der Waals surface area contributed by atoms with Crippen LogP contribution in [0.4, 0.5) is 10.1 Å². The van der Waals surface area contributed by atoms with E-state index in [1.165, 1.54) is 17.7 Å². The Labute approximate surface area is 163 Å². The summed E-state index contributed by atoms with van der Waals surface area (Å²) in [5.41, 5.74) is 4.02. The molecule has 0 fully saturated rings. The molecule has 0 radical (unpaired) electrons. The van der Waals surface area contributed by atoms with E-state index in [-0.39, 0.29) is 11.1 Å². The van der Waals surface area contributed by atoms with E-state index in [2.05, 4.69) is 54.0 Å². The highest BCUT2D eigenvalue weighted by Gasteiger charge is 2.15. The van der Waals surface area contributed by atoms with Crippen molar-refractivity contribution in [3.05, 3.63) is 100 Å². The maximum absolute atomic E-state index is 13.3. The van der Waals surface area contributed by atoms with E-state index in [0.29, 0.717) is 10.8 Å². The van der Waals surface area contributed by atoms with Gasteiger partial charge in [0.25, 0.3) is 0 Å². The molecule has 3 aromatic carbocycles. The molecule has 0 saturated carbocycles. The van der Waals surface area contributed by atoms with Gasteiger partial charge in [0.1, 0.15) is 5.82 Å².